The molecule has 0 bridgehead atoms. The molecular formula is C83H140O17P2. The third kappa shape index (κ3) is 73.5. The maximum Gasteiger partial charge on any atom is 0.472 e. The van der Waals surface area contributed by atoms with E-state index in [0.717, 1.165) is 161 Å². The Morgan fingerprint density at radius 1 is 0.284 bits per heavy atom. The molecule has 102 heavy (non-hydrogen) atoms. The van der Waals surface area contributed by atoms with Gasteiger partial charge in [-0.2, -0.15) is 0 Å². The van der Waals surface area contributed by atoms with Gasteiger partial charge in [0.2, 0.25) is 0 Å². The Bertz CT molecular complexity index is 2460. The van der Waals surface area contributed by atoms with Crippen molar-refractivity contribution in [1.82, 2.24) is 0 Å². The summed E-state index contributed by atoms with van der Waals surface area (Å²) < 4.78 is 68.4. The third-order valence-corrected chi connectivity index (χ3v) is 18.0. The van der Waals surface area contributed by atoms with Gasteiger partial charge in [0, 0.05) is 25.7 Å². The van der Waals surface area contributed by atoms with Crippen LogP contribution in [0.3, 0.4) is 0 Å². The fraction of sp³-hybridized carbons (Fsp3) is 0.687. The van der Waals surface area contributed by atoms with Crippen molar-refractivity contribution in [3.63, 3.8) is 0 Å². The predicted octanol–water partition coefficient (Wildman–Crippen LogP) is 22.9. The summed E-state index contributed by atoms with van der Waals surface area (Å²) >= 11 is 0. The second kappa shape index (κ2) is 74.5. The minimum atomic E-state index is -5.00. The maximum atomic E-state index is 13.1. The van der Waals surface area contributed by atoms with Crippen molar-refractivity contribution in [2.45, 2.75) is 329 Å². The van der Waals surface area contributed by atoms with Gasteiger partial charge in [0.25, 0.3) is 0 Å². The lowest BCUT2D eigenvalue weighted by Crippen LogP contribution is -2.30. The van der Waals surface area contributed by atoms with Gasteiger partial charge < -0.3 is 33.8 Å². The van der Waals surface area contributed by atoms with Crippen LogP contribution >= 0.6 is 15.6 Å². The van der Waals surface area contributed by atoms with Gasteiger partial charge in [-0.15, -0.1) is 0 Å². The van der Waals surface area contributed by atoms with Crippen LogP contribution in [0.1, 0.15) is 310 Å². The van der Waals surface area contributed by atoms with E-state index in [1.54, 1.807) is 0 Å². The van der Waals surface area contributed by atoms with E-state index in [9.17, 15) is 43.2 Å². The topological polar surface area (TPSA) is 237 Å². The Kier molecular flexibility index (Phi) is 71.0. The molecule has 0 heterocycles. The van der Waals surface area contributed by atoms with Crippen LogP contribution in [0.2, 0.25) is 0 Å². The molecule has 0 fully saturated rings. The largest absolute Gasteiger partial charge is 0.472 e. The number of unbranched alkanes of at least 4 members (excludes halogenated alkanes) is 25. The highest BCUT2D eigenvalue weighted by Crippen LogP contribution is 2.45. The van der Waals surface area contributed by atoms with Gasteiger partial charge in [0.15, 0.2) is 12.2 Å². The zero-order valence-corrected chi connectivity index (χ0v) is 65.5. The fourth-order valence-corrected chi connectivity index (χ4v) is 11.6. The fourth-order valence-electron chi connectivity index (χ4n) is 10.1. The molecule has 0 spiro atoms. The quantitative estimate of drug-likeness (QED) is 0.0169. The summed E-state index contributed by atoms with van der Waals surface area (Å²) in [5.74, 6) is -2.31. The smallest absolute Gasteiger partial charge is 0.462 e. The number of allylic oxidation sites excluding steroid dienone is 22. The number of rotatable bonds is 73. The minimum Gasteiger partial charge on any atom is -0.462 e. The molecule has 19 heteroatoms. The number of hydrogen-bond acceptors (Lipinski definition) is 15. The maximum absolute atomic E-state index is 13.1. The van der Waals surface area contributed by atoms with Crippen LogP contribution in [0.5, 0.6) is 0 Å². The normalized spacial score (nSPS) is 14.6. The van der Waals surface area contributed by atoms with Crippen molar-refractivity contribution in [2.75, 3.05) is 39.6 Å². The van der Waals surface area contributed by atoms with Crippen LogP contribution in [-0.2, 0) is 65.4 Å². The van der Waals surface area contributed by atoms with E-state index in [2.05, 4.69) is 143 Å². The van der Waals surface area contributed by atoms with Gasteiger partial charge in [-0.3, -0.25) is 37.3 Å². The van der Waals surface area contributed by atoms with Crippen LogP contribution in [0.4, 0.5) is 0 Å². The van der Waals surface area contributed by atoms with Crippen molar-refractivity contribution in [3.8, 4) is 0 Å². The van der Waals surface area contributed by atoms with Crippen LogP contribution in [0.15, 0.2) is 134 Å². The molecule has 0 aromatic heterocycles. The first-order chi connectivity index (χ1) is 49.7. The van der Waals surface area contributed by atoms with Gasteiger partial charge in [-0.25, -0.2) is 9.13 Å². The molecule has 3 N–H and O–H groups in total. The molecule has 2 unspecified atom stereocenters. The summed E-state index contributed by atoms with van der Waals surface area (Å²) in [7, 11) is -9.99. The Balaban J connectivity index is 5.44. The Morgan fingerprint density at radius 3 is 0.873 bits per heavy atom. The molecule has 0 aliphatic rings. The number of hydrogen-bond donors (Lipinski definition) is 3. The third-order valence-electron chi connectivity index (χ3n) is 16.1. The van der Waals surface area contributed by atoms with Gasteiger partial charge >= 0.3 is 39.5 Å². The molecular weight excluding hydrogens is 1330 g/mol. The number of ether oxygens (including phenoxy) is 4. The molecule has 0 aromatic carbocycles. The van der Waals surface area contributed by atoms with E-state index < -0.39 is 97.5 Å². The summed E-state index contributed by atoms with van der Waals surface area (Å²) in [6, 6.07) is 0. The van der Waals surface area contributed by atoms with Gasteiger partial charge in [0.1, 0.15) is 19.3 Å². The van der Waals surface area contributed by atoms with Crippen LogP contribution in [0.25, 0.3) is 0 Å². The second-order valence-electron chi connectivity index (χ2n) is 25.9. The number of aliphatic hydroxyl groups is 1. The monoisotopic (exact) mass is 1470 g/mol. The predicted molar refractivity (Wildman–Crippen MR) is 418 cm³/mol. The lowest BCUT2D eigenvalue weighted by Gasteiger charge is -2.21. The molecule has 0 rings (SSSR count). The molecule has 0 radical (unpaired) electrons. The van der Waals surface area contributed by atoms with E-state index in [4.69, 9.17) is 37.0 Å². The lowest BCUT2D eigenvalue weighted by atomic mass is 10.1. The van der Waals surface area contributed by atoms with E-state index in [0.29, 0.717) is 32.1 Å². The molecule has 5 atom stereocenters. The zero-order chi connectivity index (χ0) is 74.6. The molecule has 0 aliphatic carbocycles. The Hall–Kier alpha value is -4.80. The summed E-state index contributed by atoms with van der Waals surface area (Å²) in [5.41, 5.74) is 0. The van der Waals surface area contributed by atoms with Gasteiger partial charge in [-0.1, -0.05) is 264 Å². The number of esters is 4. The number of carbonyl (C=O) groups excluding carboxylic acids is 4. The van der Waals surface area contributed by atoms with E-state index in [-0.39, 0.29) is 25.7 Å². The average Bonchev–Trinajstić information content (AvgIpc) is 0.924. The highest BCUT2D eigenvalue weighted by molar-refractivity contribution is 7.47. The van der Waals surface area contributed by atoms with E-state index in [1.165, 1.54) is 64.2 Å². The van der Waals surface area contributed by atoms with E-state index in [1.807, 2.05) is 18.2 Å². The summed E-state index contributed by atoms with van der Waals surface area (Å²) in [6.45, 7) is 4.57. The number of phosphoric ester groups is 2. The highest BCUT2D eigenvalue weighted by atomic mass is 31.2. The van der Waals surface area contributed by atoms with Gasteiger partial charge in [-0.05, 0) is 154 Å². The van der Waals surface area contributed by atoms with Gasteiger partial charge in [0.05, 0.1) is 26.4 Å². The number of aliphatic hydroxyl groups excluding tert-OH is 1. The Labute approximate surface area is 618 Å². The summed E-state index contributed by atoms with van der Waals surface area (Å²) in [5, 5.41) is 10.6. The van der Waals surface area contributed by atoms with Crippen LogP contribution in [0, 0.1) is 0 Å². The first-order valence-corrected chi connectivity index (χ1v) is 42.4. The SMILES string of the molecule is CC/C=C\C/C=C\C/C=C\C/C=C\C/C=C\C/C=C\CCC(=O)OC[C@H](COP(=O)(O)OC[C@H](O)COP(=O)(O)OC[C@@H](COC(=O)CCCCCCC/C=C\C/C=C\CCCCC)OC(=O)CCCCCCC/C=C\CCCCCC)OC(=O)CCCCCCC/C=C\C/C=C\CCCCC. The zero-order valence-electron chi connectivity index (χ0n) is 63.7. The molecule has 0 aromatic rings. The first kappa shape index (κ1) is 97.2. The van der Waals surface area contributed by atoms with Crippen molar-refractivity contribution in [1.29, 1.82) is 0 Å². The van der Waals surface area contributed by atoms with Crippen LogP contribution < -0.4 is 0 Å². The molecule has 0 amide bonds. The van der Waals surface area contributed by atoms with E-state index >= 15 is 0 Å². The average molecular weight is 1470 g/mol. The van der Waals surface area contributed by atoms with Crippen molar-refractivity contribution < 1.29 is 80.2 Å². The molecule has 0 saturated heterocycles. The summed E-state index contributed by atoms with van der Waals surface area (Å²) in [4.78, 5) is 72.9. The minimum absolute atomic E-state index is 0.0299. The molecule has 584 valence electrons. The second-order valence-corrected chi connectivity index (χ2v) is 28.8. The number of phosphoric acid groups is 2. The van der Waals surface area contributed by atoms with Crippen molar-refractivity contribution in [3.05, 3.63) is 134 Å². The van der Waals surface area contributed by atoms with Crippen LogP contribution in [-0.4, -0.2) is 96.7 Å². The lowest BCUT2D eigenvalue weighted by molar-refractivity contribution is -0.161. The molecule has 0 saturated carbocycles. The van der Waals surface area contributed by atoms with Crippen molar-refractivity contribution in [2.24, 2.45) is 0 Å². The Morgan fingerprint density at radius 2 is 0.529 bits per heavy atom. The summed E-state index contributed by atoms with van der Waals surface area (Å²) in [6.07, 6.45) is 83.0. The van der Waals surface area contributed by atoms with Crippen molar-refractivity contribution >= 4 is 39.5 Å². The standard InChI is InChI=1S/C83H140O17P2/c1-5-9-13-17-21-25-29-33-36-37-38-39-42-45-48-52-56-60-64-68-81(86)94-74-79(100-83(88)70-66-62-58-54-50-46-41-35-31-27-23-19-15-11-7-3)76-98-102(91,92)96-72-77(84)71-95-101(89,90)97-75-78(99-82(87)69-65-61-57-53-49-43-32-28-24-20-16-12-8-4)73-93-80(85)67-63-59-55-51-47-44-40-34-30-26-22-18-14-10-6-2/h9,13,21-23,25-28,32-36,38-41,45,48,56,60,77-79,84H,5-8,10-12,14-20,24,29-31,37,42-44,46-47,49-55,57-59,61-76H2,1-4H3,(H,89,90)(H,91,92)/b13-9-,25-21-,26-22-,27-23-,32-28-,36-33-,39-38-,40-34-,41-35-,48-45-,60-56-/t77-,78-,79-/m1/s1. The molecule has 0 aliphatic heterocycles. The first-order valence-electron chi connectivity index (χ1n) is 39.4. The number of carbonyl (C=O) groups is 4. The molecule has 17 nitrogen and oxygen atoms in total. The highest BCUT2D eigenvalue weighted by Gasteiger charge is 2.30.